The van der Waals surface area contributed by atoms with Gasteiger partial charge in [0.1, 0.15) is 5.75 Å². The Bertz CT molecular complexity index is 1220. The number of benzene rings is 3. The lowest BCUT2D eigenvalue weighted by Gasteiger charge is -2.30. The Morgan fingerprint density at radius 3 is 2.41 bits per heavy atom. The van der Waals surface area contributed by atoms with E-state index in [2.05, 4.69) is 26.6 Å². The number of allylic oxidation sites excluding steroid dienone is 1. The van der Waals surface area contributed by atoms with Gasteiger partial charge in [-0.2, -0.15) is 0 Å². The molecule has 2 unspecified atom stereocenters. The highest BCUT2D eigenvalue weighted by Crippen LogP contribution is 2.45. The van der Waals surface area contributed by atoms with Crippen LogP contribution in [0.3, 0.4) is 0 Å². The highest BCUT2D eigenvalue weighted by molar-refractivity contribution is 9.10. The first kappa shape index (κ1) is 21.1. The van der Waals surface area contributed by atoms with Crippen LogP contribution in [0.2, 0.25) is 5.02 Å². The minimum absolute atomic E-state index is 0.111. The van der Waals surface area contributed by atoms with Crippen molar-refractivity contribution in [3.05, 3.63) is 98.6 Å². The summed E-state index contributed by atoms with van der Waals surface area (Å²) in [6.45, 7) is 0. The zero-order valence-corrected chi connectivity index (χ0v) is 19.8. The lowest BCUT2D eigenvalue weighted by Crippen LogP contribution is -2.26. The summed E-state index contributed by atoms with van der Waals surface area (Å²) < 4.78 is 6.26. The molecule has 0 bridgehead atoms. The molecule has 3 aromatic rings. The number of ether oxygens (including phenoxy) is 1. The lowest BCUT2D eigenvalue weighted by molar-refractivity contribution is -0.116. The van der Waals surface area contributed by atoms with Crippen LogP contribution in [0, 0.1) is 0 Å². The molecule has 2 N–H and O–H groups in total. The zero-order chi connectivity index (χ0) is 22.2. The quantitative estimate of drug-likeness (QED) is 0.396. The van der Waals surface area contributed by atoms with Gasteiger partial charge in [0.25, 0.3) is 0 Å². The Kier molecular flexibility index (Phi) is 5.70. The fourth-order valence-corrected chi connectivity index (χ4v) is 5.26. The van der Waals surface area contributed by atoms with Crippen molar-refractivity contribution in [2.75, 3.05) is 17.7 Å². The summed E-state index contributed by atoms with van der Waals surface area (Å²) in [5.74, 6) is 1.02. The van der Waals surface area contributed by atoms with Crippen molar-refractivity contribution in [3.8, 4) is 5.75 Å². The molecule has 2 atom stereocenters. The van der Waals surface area contributed by atoms with Crippen molar-refractivity contribution in [2.45, 2.75) is 24.8 Å². The molecule has 0 saturated carbocycles. The van der Waals surface area contributed by atoms with Crippen LogP contribution in [-0.4, -0.2) is 12.9 Å². The highest BCUT2D eigenvalue weighted by Gasteiger charge is 2.36. The van der Waals surface area contributed by atoms with Crippen molar-refractivity contribution >= 4 is 44.7 Å². The maximum atomic E-state index is 13.6. The van der Waals surface area contributed by atoms with Crippen LogP contribution in [-0.2, 0) is 4.79 Å². The van der Waals surface area contributed by atoms with Gasteiger partial charge < -0.3 is 15.4 Å². The van der Waals surface area contributed by atoms with E-state index in [1.165, 1.54) is 0 Å². The van der Waals surface area contributed by atoms with Crippen LogP contribution in [0.25, 0.3) is 0 Å². The van der Waals surface area contributed by atoms with Crippen molar-refractivity contribution < 1.29 is 9.53 Å². The minimum Gasteiger partial charge on any atom is -0.496 e. The van der Waals surface area contributed by atoms with Gasteiger partial charge >= 0.3 is 0 Å². The van der Waals surface area contributed by atoms with Gasteiger partial charge in [-0.1, -0.05) is 41.9 Å². The molecule has 4 nitrogen and oxygen atoms in total. The van der Waals surface area contributed by atoms with Crippen LogP contribution in [0.5, 0.6) is 5.75 Å². The number of fused-ring (bicyclic) bond motifs is 1. The summed E-state index contributed by atoms with van der Waals surface area (Å²) in [5, 5.41) is 7.89. The topological polar surface area (TPSA) is 50.4 Å². The second-order valence-electron chi connectivity index (χ2n) is 8.11. The average Bonchev–Trinajstić information content (AvgIpc) is 2.96. The van der Waals surface area contributed by atoms with E-state index >= 15 is 0 Å². The van der Waals surface area contributed by atoms with Crippen LogP contribution in [0.1, 0.15) is 35.9 Å². The van der Waals surface area contributed by atoms with Gasteiger partial charge in [-0.15, -0.1) is 0 Å². The summed E-state index contributed by atoms with van der Waals surface area (Å²) in [6, 6.07) is 21.6. The van der Waals surface area contributed by atoms with E-state index < -0.39 is 0 Å². The third-order valence-electron chi connectivity index (χ3n) is 6.16. The Hall–Kier alpha value is -2.76. The van der Waals surface area contributed by atoms with Gasteiger partial charge in [0.2, 0.25) is 0 Å². The Balaban J connectivity index is 1.60. The van der Waals surface area contributed by atoms with E-state index in [1.54, 1.807) is 7.11 Å². The van der Waals surface area contributed by atoms with E-state index in [4.69, 9.17) is 16.3 Å². The average molecular weight is 510 g/mol. The number of nitrogens with one attached hydrogen (secondary N) is 2. The van der Waals surface area contributed by atoms with E-state index in [9.17, 15) is 4.79 Å². The van der Waals surface area contributed by atoms with Gasteiger partial charge in [-0.3, -0.25) is 4.79 Å². The molecule has 0 amide bonds. The molecule has 3 aromatic carbocycles. The van der Waals surface area contributed by atoms with E-state index in [0.717, 1.165) is 50.4 Å². The van der Waals surface area contributed by atoms with Crippen molar-refractivity contribution in [2.24, 2.45) is 0 Å². The van der Waals surface area contributed by atoms with Crippen molar-refractivity contribution in [3.63, 3.8) is 0 Å². The molecular formula is C26H22BrClN2O2. The minimum atomic E-state index is -0.262. The van der Waals surface area contributed by atoms with Crippen molar-refractivity contribution in [1.29, 1.82) is 0 Å². The predicted octanol–water partition coefficient (Wildman–Crippen LogP) is 7.09. The van der Waals surface area contributed by atoms with Crippen LogP contribution >= 0.6 is 27.5 Å². The first-order valence-electron chi connectivity index (χ1n) is 10.5. The lowest BCUT2D eigenvalue weighted by atomic mass is 9.78. The Labute approximate surface area is 200 Å². The van der Waals surface area contributed by atoms with Gasteiger partial charge in [0.05, 0.1) is 29.0 Å². The normalized spacial score (nSPS) is 19.9. The number of halogens is 2. The SMILES string of the molecule is COc1ccc(C2Nc3ccccc3NC3=C2C(=O)CC(c2ccc(Cl)cc2)C3)cc1Br. The number of methoxy groups -OCH3 is 1. The third kappa shape index (κ3) is 3.91. The van der Waals surface area contributed by atoms with Crippen LogP contribution in [0.15, 0.2) is 82.5 Å². The van der Waals surface area contributed by atoms with E-state index in [0.29, 0.717) is 11.4 Å². The summed E-state index contributed by atoms with van der Waals surface area (Å²) >= 11 is 9.67. The fraction of sp³-hybridized carbons (Fsp3) is 0.192. The molecule has 0 spiro atoms. The molecule has 6 heteroatoms. The molecular weight excluding hydrogens is 488 g/mol. The number of Topliss-reactive ketones (excluding diaryl/α,β-unsaturated/α-hetero) is 1. The van der Waals surface area contributed by atoms with Gasteiger partial charge in [-0.25, -0.2) is 0 Å². The van der Waals surface area contributed by atoms with Crippen molar-refractivity contribution in [1.82, 2.24) is 0 Å². The van der Waals surface area contributed by atoms with Crippen LogP contribution in [0.4, 0.5) is 11.4 Å². The van der Waals surface area contributed by atoms with Gasteiger partial charge in [0.15, 0.2) is 5.78 Å². The highest BCUT2D eigenvalue weighted by atomic mass is 79.9. The molecule has 32 heavy (non-hydrogen) atoms. The second-order valence-corrected chi connectivity index (χ2v) is 9.40. The largest absolute Gasteiger partial charge is 0.496 e. The smallest absolute Gasteiger partial charge is 0.163 e. The van der Waals surface area contributed by atoms with E-state index in [1.807, 2.05) is 66.7 Å². The molecule has 1 aliphatic heterocycles. The molecule has 2 aliphatic rings. The second kappa shape index (κ2) is 8.64. The fourth-order valence-electron chi connectivity index (χ4n) is 4.58. The molecule has 0 aromatic heterocycles. The molecule has 5 rings (SSSR count). The maximum absolute atomic E-state index is 13.6. The molecule has 0 fully saturated rings. The molecule has 1 heterocycles. The summed E-state index contributed by atoms with van der Waals surface area (Å²) in [5.41, 5.74) is 5.83. The standard InChI is InChI=1S/C26H22BrClN2O2/c1-32-24-11-8-16(12-19(24)27)26-25-22(29-20-4-2-3-5-21(20)30-26)13-17(14-23(25)31)15-6-9-18(28)10-7-15/h2-12,17,26,29-30H,13-14H2,1H3. The van der Waals surface area contributed by atoms with Gasteiger partial charge in [-0.05, 0) is 75.8 Å². The number of carbonyl (C=O) groups excluding carboxylic acids is 1. The first-order chi connectivity index (χ1) is 15.5. The number of carbonyl (C=O) groups is 1. The summed E-state index contributed by atoms with van der Waals surface area (Å²) in [7, 11) is 1.64. The number of ketones is 1. The molecule has 0 saturated heterocycles. The number of rotatable bonds is 3. The first-order valence-corrected chi connectivity index (χ1v) is 11.7. The monoisotopic (exact) mass is 508 g/mol. The Morgan fingerprint density at radius 2 is 1.69 bits per heavy atom. The third-order valence-corrected chi connectivity index (χ3v) is 7.03. The summed E-state index contributed by atoms with van der Waals surface area (Å²) in [6.07, 6.45) is 1.22. The number of para-hydroxylation sites is 2. The Morgan fingerprint density at radius 1 is 0.969 bits per heavy atom. The number of hydrogen-bond donors (Lipinski definition) is 2. The predicted molar refractivity (Wildman–Crippen MR) is 133 cm³/mol. The number of hydrogen-bond acceptors (Lipinski definition) is 4. The van der Waals surface area contributed by atoms with E-state index in [-0.39, 0.29) is 17.7 Å². The number of anilines is 2. The molecule has 1 aliphatic carbocycles. The zero-order valence-electron chi connectivity index (χ0n) is 17.5. The molecule has 162 valence electrons. The van der Waals surface area contributed by atoms with Gasteiger partial charge in [0, 0.05) is 22.7 Å². The summed E-state index contributed by atoms with van der Waals surface area (Å²) in [4.78, 5) is 13.6. The molecule has 0 radical (unpaired) electrons. The maximum Gasteiger partial charge on any atom is 0.163 e. The van der Waals surface area contributed by atoms with Crippen LogP contribution < -0.4 is 15.4 Å².